The van der Waals surface area contributed by atoms with Crippen LogP contribution in [0.1, 0.15) is 32.8 Å². The smallest absolute Gasteiger partial charge is 0.312 e. The van der Waals surface area contributed by atoms with Gasteiger partial charge in [0.2, 0.25) is 0 Å². The molecule has 0 saturated carbocycles. The Morgan fingerprint density at radius 3 is 2.59 bits per heavy atom. The quantitative estimate of drug-likeness (QED) is 0.757. The van der Waals surface area contributed by atoms with Gasteiger partial charge in [-0.3, -0.25) is 9.78 Å². The van der Waals surface area contributed by atoms with Gasteiger partial charge in [0.05, 0.1) is 0 Å². The predicted octanol–water partition coefficient (Wildman–Crippen LogP) is 0.623. The minimum Gasteiger partial charge on any atom is -0.312 e. The lowest BCUT2D eigenvalue weighted by Crippen LogP contribution is -2.37. The van der Waals surface area contributed by atoms with Gasteiger partial charge in [0.1, 0.15) is 0 Å². The molecule has 0 aromatic carbocycles. The molecule has 96 valence electrons. The first-order chi connectivity index (χ1) is 7.79. The van der Waals surface area contributed by atoms with Crippen molar-refractivity contribution in [1.29, 1.82) is 0 Å². The van der Waals surface area contributed by atoms with Gasteiger partial charge in [-0.05, 0) is 40.7 Å². The van der Waals surface area contributed by atoms with E-state index >= 15 is 0 Å². The molecule has 0 saturated heterocycles. The van der Waals surface area contributed by atoms with Crippen LogP contribution in [0.4, 0.5) is 0 Å². The van der Waals surface area contributed by atoms with Gasteiger partial charge in [0, 0.05) is 23.8 Å². The van der Waals surface area contributed by atoms with Crippen molar-refractivity contribution in [2.45, 2.75) is 46.2 Å². The van der Waals surface area contributed by atoms with Crippen LogP contribution in [0.5, 0.6) is 0 Å². The molecule has 17 heavy (non-hydrogen) atoms. The number of rotatable bonds is 4. The highest BCUT2D eigenvalue weighted by molar-refractivity contribution is 5.00. The van der Waals surface area contributed by atoms with E-state index in [9.17, 15) is 9.59 Å². The van der Waals surface area contributed by atoms with Crippen molar-refractivity contribution >= 4 is 0 Å². The molecule has 0 fully saturated rings. The van der Waals surface area contributed by atoms with Crippen molar-refractivity contribution in [3.05, 3.63) is 32.6 Å². The van der Waals surface area contributed by atoms with Crippen molar-refractivity contribution in [1.82, 2.24) is 14.9 Å². The molecular weight excluding hydrogens is 218 g/mol. The molecular formula is C12H21N3O2. The second-order valence-electron chi connectivity index (χ2n) is 5.30. The molecule has 1 rings (SSSR count). The van der Waals surface area contributed by atoms with Crippen molar-refractivity contribution in [2.75, 3.05) is 6.54 Å². The molecule has 0 spiro atoms. The molecule has 0 aliphatic rings. The average Bonchev–Trinajstić information content (AvgIpc) is 2.18. The van der Waals surface area contributed by atoms with Gasteiger partial charge in [-0.15, -0.1) is 0 Å². The molecule has 0 atom stereocenters. The number of aryl methyl sites for hydroxylation is 2. The van der Waals surface area contributed by atoms with Gasteiger partial charge in [-0.1, -0.05) is 0 Å². The Morgan fingerprint density at radius 1 is 1.35 bits per heavy atom. The zero-order chi connectivity index (χ0) is 13.1. The Hall–Kier alpha value is -1.36. The van der Waals surface area contributed by atoms with Gasteiger partial charge in [0.15, 0.2) is 0 Å². The molecule has 0 amide bonds. The van der Waals surface area contributed by atoms with Crippen molar-refractivity contribution in [3.63, 3.8) is 0 Å². The molecule has 0 radical (unpaired) electrons. The summed E-state index contributed by atoms with van der Waals surface area (Å²) in [5.41, 5.74) is 0.00936. The van der Waals surface area contributed by atoms with Crippen LogP contribution in [-0.4, -0.2) is 21.6 Å². The maximum absolute atomic E-state index is 11.5. The van der Waals surface area contributed by atoms with Crippen LogP contribution in [-0.2, 0) is 6.54 Å². The number of aromatic amines is 1. The van der Waals surface area contributed by atoms with Crippen LogP contribution in [0.25, 0.3) is 0 Å². The summed E-state index contributed by atoms with van der Waals surface area (Å²) in [6.07, 6.45) is 2.46. The third-order valence-electron chi connectivity index (χ3n) is 2.42. The molecule has 1 aromatic rings. The summed E-state index contributed by atoms with van der Waals surface area (Å²) in [7, 11) is 0. The number of hydrogen-bond acceptors (Lipinski definition) is 3. The molecule has 0 aliphatic carbocycles. The first kappa shape index (κ1) is 13.7. The first-order valence-electron chi connectivity index (χ1n) is 5.85. The van der Waals surface area contributed by atoms with Crippen LogP contribution in [0, 0.1) is 6.92 Å². The lowest BCUT2D eigenvalue weighted by molar-refractivity contribution is 0.411. The van der Waals surface area contributed by atoms with E-state index in [1.54, 1.807) is 17.7 Å². The molecule has 1 heterocycles. The normalized spacial score (nSPS) is 11.8. The lowest BCUT2D eigenvalue weighted by atomic mass is 10.1. The summed E-state index contributed by atoms with van der Waals surface area (Å²) >= 11 is 0. The molecule has 0 bridgehead atoms. The molecule has 1 aromatic heterocycles. The Labute approximate surface area is 101 Å². The van der Waals surface area contributed by atoms with Crippen LogP contribution < -0.4 is 16.6 Å². The van der Waals surface area contributed by atoms with Gasteiger partial charge in [-0.25, -0.2) is 4.79 Å². The van der Waals surface area contributed by atoms with Gasteiger partial charge in [0.25, 0.3) is 5.56 Å². The number of H-pyrrole nitrogens is 1. The zero-order valence-electron chi connectivity index (χ0n) is 11.0. The van der Waals surface area contributed by atoms with Crippen LogP contribution in [0.3, 0.4) is 0 Å². The topological polar surface area (TPSA) is 66.9 Å². The average molecular weight is 239 g/mol. The van der Waals surface area contributed by atoms with Gasteiger partial charge < -0.3 is 9.88 Å². The molecule has 5 heteroatoms. The van der Waals surface area contributed by atoms with Crippen molar-refractivity contribution in [3.8, 4) is 0 Å². The van der Waals surface area contributed by atoms with Gasteiger partial charge in [-0.2, -0.15) is 0 Å². The van der Waals surface area contributed by atoms with E-state index in [0.29, 0.717) is 12.1 Å². The highest BCUT2D eigenvalue weighted by Gasteiger charge is 2.07. The monoisotopic (exact) mass is 239 g/mol. The Balaban J connectivity index is 2.56. The number of aromatic nitrogens is 2. The highest BCUT2D eigenvalue weighted by atomic mass is 16.2. The summed E-state index contributed by atoms with van der Waals surface area (Å²) in [5, 5.41) is 3.35. The third-order valence-corrected chi connectivity index (χ3v) is 2.42. The highest BCUT2D eigenvalue weighted by Crippen LogP contribution is 1.98. The summed E-state index contributed by atoms with van der Waals surface area (Å²) < 4.78 is 1.54. The van der Waals surface area contributed by atoms with Gasteiger partial charge >= 0.3 is 5.69 Å². The molecule has 2 N–H and O–H groups in total. The minimum atomic E-state index is -0.337. The number of nitrogens with one attached hydrogen (secondary N) is 2. The Morgan fingerprint density at radius 2 is 2.00 bits per heavy atom. The fourth-order valence-electron chi connectivity index (χ4n) is 1.50. The fraction of sp³-hybridized carbons (Fsp3) is 0.667. The van der Waals surface area contributed by atoms with Crippen LogP contribution in [0.2, 0.25) is 0 Å². The molecule has 0 unspecified atom stereocenters. The number of nitrogens with zero attached hydrogens (tertiary/aromatic N) is 1. The molecule has 5 nitrogen and oxygen atoms in total. The van der Waals surface area contributed by atoms with E-state index in [0.717, 1.165) is 13.0 Å². The SMILES string of the molecule is Cc1cn(CCCNC(C)(C)C)c(=O)[nH]c1=O. The summed E-state index contributed by atoms with van der Waals surface area (Å²) in [6.45, 7) is 9.45. The maximum atomic E-state index is 11.5. The Kier molecular flexibility index (Phi) is 4.28. The minimum absolute atomic E-state index is 0.0892. The summed E-state index contributed by atoms with van der Waals surface area (Å²) in [4.78, 5) is 24.9. The van der Waals surface area contributed by atoms with Crippen molar-refractivity contribution in [2.24, 2.45) is 0 Å². The second kappa shape index (κ2) is 5.31. The fourth-order valence-corrected chi connectivity index (χ4v) is 1.50. The number of hydrogen-bond donors (Lipinski definition) is 2. The first-order valence-corrected chi connectivity index (χ1v) is 5.85. The van der Waals surface area contributed by atoms with E-state index < -0.39 is 0 Å². The predicted molar refractivity (Wildman–Crippen MR) is 68.4 cm³/mol. The Bertz CT molecular complexity index is 480. The second-order valence-corrected chi connectivity index (χ2v) is 5.30. The van der Waals surface area contributed by atoms with Crippen molar-refractivity contribution < 1.29 is 0 Å². The van der Waals surface area contributed by atoms with E-state index in [-0.39, 0.29) is 16.8 Å². The lowest BCUT2D eigenvalue weighted by Gasteiger charge is -2.20. The largest absolute Gasteiger partial charge is 0.328 e. The maximum Gasteiger partial charge on any atom is 0.328 e. The van der Waals surface area contributed by atoms with E-state index in [1.165, 1.54) is 0 Å². The van der Waals surface area contributed by atoms with E-state index in [4.69, 9.17) is 0 Å². The zero-order valence-corrected chi connectivity index (χ0v) is 11.0. The summed E-state index contributed by atoms with van der Waals surface area (Å²) in [5.74, 6) is 0. The standard InChI is InChI=1S/C12H21N3O2/c1-9-8-15(11(17)14-10(9)16)7-5-6-13-12(2,3)4/h8,13H,5-7H2,1-4H3,(H,14,16,17). The van der Waals surface area contributed by atoms with E-state index in [2.05, 4.69) is 31.1 Å². The third kappa shape index (κ3) is 4.56. The van der Waals surface area contributed by atoms with Crippen LogP contribution in [0.15, 0.2) is 15.8 Å². The summed E-state index contributed by atoms with van der Waals surface area (Å²) in [6, 6.07) is 0. The van der Waals surface area contributed by atoms with Crippen LogP contribution >= 0.6 is 0 Å². The molecule has 0 aliphatic heterocycles. The van der Waals surface area contributed by atoms with E-state index in [1.807, 2.05) is 0 Å².